The van der Waals surface area contributed by atoms with Crippen molar-refractivity contribution >= 4 is 27.5 Å². The van der Waals surface area contributed by atoms with Gasteiger partial charge in [0, 0.05) is 17.0 Å². The van der Waals surface area contributed by atoms with Crippen LogP contribution in [0.5, 0.6) is 5.75 Å². The van der Waals surface area contributed by atoms with E-state index >= 15 is 0 Å². The third kappa shape index (κ3) is 5.46. The number of benzene rings is 1. The van der Waals surface area contributed by atoms with Crippen LogP contribution < -0.4 is 16.0 Å². The molecule has 0 bridgehead atoms. The summed E-state index contributed by atoms with van der Waals surface area (Å²) < 4.78 is 28.7. The molecular formula is C29H31FN6O6S. The van der Waals surface area contributed by atoms with E-state index in [-0.39, 0.29) is 28.8 Å². The van der Waals surface area contributed by atoms with Crippen molar-refractivity contribution in [3.05, 3.63) is 68.4 Å². The lowest BCUT2D eigenvalue weighted by Crippen LogP contribution is -2.52. The maximum Gasteiger partial charge on any atom is 0.333 e. The van der Waals surface area contributed by atoms with Gasteiger partial charge in [-0.25, -0.2) is 18.5 Å². The van der Waals surface area contributed by atoms with E-state index < -0.39 is 34.7 Å². The van der Waals surface area contributed by atoms with Gasteiger partial charge in [-0.2, -0.15) is 15.5 Å². The number of aromatic nitrogens is 5. The molecule has 1 aliphatic carbocycles. The lowest BCUT2D eigenvalue weighted by Gasteiger charge is -2.31. The molecule has 1 fully saturated rings. The Labute approximate surface area is 249 Å². The van der Waals surface area contributed by atoms with Gasteiger partial charge in [0.1, 0.15) is 33.0 Å². The van der Waals surface area contributed by atoms with Gasteiger partial charge in [-0.1, -0.05) is 11.3 Å². The standard InChI is InChI=1S/C29H31FN6O6S/c1-16-23-24(37)35(29(2,3)27(38)39)28(40)34(26(23)43-25(16)36-32-11-12-33-36)15-22(20-13-18(30)7-10-21(20)41-4)42-19-8-5-17(14-31)6-9-19/h7,10-13,17,19,22H,5-6,8-9,15H2,1-4H3,(H,38,39)/t17-,19-,22-/m0/s1. The Morgan fingerprint density at radius 3 is 2.51 bits per heavy atom. The number of methoxy groups -OCH3 is 1. The predicted octanol–water partition coefficient (Wildman–Crippen LogP) is 3.92. The van der Waals surface area contributed by atoms with Crippen molar-refractivity contribution in [2.45, 2.75) is 70.7 Å². The molecule has 1 atom stereocenters. The minimum atomic E-state index is -1.90. The van der Waals surface area contributed by atoms with Crippen molar-refractivity contribution in [3.63, 3.8) is 0 Å². The first-order chi connectivity index (χ1) is 20.5. The molecule has 0 saturated heterocycles. The lowest BCUT2D eigenvalue weighted by atomic mass is 9.88. The van der Waals surface area contributed by atoms with E-state index in [1.54, 1.807) is 6.92 Å². The van der Waals surface area contributed by atoms with E-state index in [0.29, 0.717) is 47.6 Å². The molecule has 1 aromatic carbocycles. The zero-order valence-electron chi connectivity index (χ0n) is 24.1. The number of carboxylic acids is 1. The van der Waals surface area contributed by atoms with E-state index in [9.17, 15) is 29.1 Å². The van der Waals surface area contributed by atoms with Crippen LogP contribution in [0.15, 0.2) is 40.2 Å². The summed E-state index contributed by atoms with van der Waals surface area (Å²) in [7, 11) is 1.44. The van der Waals surface area contributed by atoms with Crippen molar-refractivity contribution < 1.29 is 23.8 Å². The summed E-state index contributed by atoms with van der Waals surface area (Å²) >= 11 is 1.11. The van der Waals surface area contributed by atoms with Gasteiger partial charge in [-0.3, -0.25) is 9.36 Å². The van der Waals surface area contributed by atoms with Crippen molar-refractivity contribution in [2.75, 3.05) is 7.11 Å². The average Bonchev–Trinajstić information content (AvgIpc) is 3.63. The van der Waals surface area contributed by atoms with Crippen LogP contribution in [0.1, 0.15) is 56.8 Å². The number of aryl methyl sites for hydroxylation is 1. The predicted molar refractivity (Wildman–Crippen MR) is 155 cm³/mol. The van der Waals surface area contributed by atoms with Gasteiger partial charge in [0.15, 0.2) is 0 Å². The molecular weight excluding hydrogens is 579 g/mol. The molecule has 12 nitrogen and oxygen atoms in total. The second kappa shape index (κ2) is 11.7. The van der Waals surface area contributed by atoms with Crippen LogP contribution in [-0.4, -0.2) is 48.4 Å². The molecule has 3 heterocycles. The van der Waals surface area contributed by atoms with Gasteiger partial charge in [-0.15, -0.1) is 4.80 Å². The molecule has 0 amide bonds. The Morgan fingerprint density at radius 2 is 1.91 bits per heavy atom. The zero-order valence-corrected chi connectivity index (χ0v) is 24.9. The van der Waals surface area contributed by atoms with E-state index in [1.165, 1.54) is 60.9 Å². The van der Waals surface area contributed by atoms with Gasteiger partial charge in [0.2, 0.25) is 0 Å². The maximum absolute atomic E-state index is 14.6. The highest BCUT2D eigenvalue weighted by Crippen LogP contribution is 2.37. The molecule has 0 aliphatic heterocycles. The van der Waals surface area contributed by atoms with Gasteiger partial charge in [0.05, 0.1) is 43.6 Å². The third-order valence-electron chi connectivity index (χ3n) is 7.97. The molecule has 14 heteroatoms. The highest BCUT2D eigenvalue weighted by Gasteiger charge is 2.36. The number of nitriles is 1. The highest BCUT2D eigenvalue weighted by molar-refractivity contribution is 7.21. The first-order valence-corrected chi connectivity index (χ1v) is 14.6. The van der Waals surface area contributed by atoms with Gasteiger partial charge >= 0.3 is 11.7 Å². The largest absolute Gasteiger partial charge is 0.496 e. The summed E-state index contributed by atoms with van der Waals surface area (Å²) in [5.74, 6) is -1.64. The van der Waals surface area contributed by atoms with Crippen LogP contribution in [-0.2, 0) is 21.6 Å². The van der Waals surface area contributed by atoms with Crippen LogP contribution in [0.3, 0.4) is 0 Å². The highest BCUT2D eigenvalue weighted by atomic mass is 32.1. The van der Waals surface area contributed by atoms with Crippen LogP contribution in [0, 0.1) is 30.0 Å². The molecule has 0 radical (unpaired) electrons. The SMILES string of the molecule is COc1ccc(F)cc1[C@H](Cn1c(=O)n(C(C)(C)C(=O)O)c(=O)c2c(C)c(-n3nccn3)sc21)O[C@H]1CC[C@H](C#N)CC1. The number of hydrogen-bond acceptors (Lipinski definition) is 9. The summed E-state index contributed by atoms with van der Waals surface area (Å²) in [4.78, 5) is 41.9. The molecule has 5 rings (SSSR count). The van der Waals surface area contributed by atoms with E-state index in [1.807, 2.05) is 0 Å². The Hall–Kier alpha value is -4.35. The number of halogens is 1. The smallest absolute Gasteiger partial charge is 0.333 e. The van der Waals surface area contributed by atoms with Gasteiger partial charge in [0.25, 0.3) is 5.56 Å². The Balaban J connectivity index is 1.74. The second-order valence-corrected chi connectivity index (χ2v) is 12.0. The van der Waals surface area contributed by atoms with Crippen molar-refractivity contribution in [1.29, 1.82) is 5.26 Å². The number of fused-ring (bicyclic) bond motifs is 1. The summed E-state index contributed by atoms with van der Waals surface area (Å²) in [6.07, 6.45) is 4.20. The molecule has 3 aromatic heterocycles. The molecule has 226 valence electrons. The Kier molecular flexibility index (Phi) is 8.22. The number of carboxylic acid groups (broad SMARTS) is 1. The lowest BCUT2D eigenvalue weighted by molar-refractivity contribution is -0.146. The van der Waals surface area contributed by atoms with Crippen molar-refractivity contribution in [2.24, 2.45) is 5.92 Å². The second-order valence-electron chi connectivity index (χ2n) is 11.0. The summed E-state index contributed by atoms with van der Waals surface area (Å²) in [5, 5.41) is 28.3. The minimum absolute atomic E-state index is 0.0746. The zero-order chi connectivity index (χ0) is 31.1. The van der Waals surface area contributed by atoms with Crippen LogP contribution in [0.2, 0.25) is 0 Å². The minimum Gasteiger partial charge on any atom is -0.496 e. The summed E-state index contributed by atoms with van der Waals surface area (Å²) in [6.45, 7) is 4.06. The molecule has 43 heavy (non-hydrogen) atoms. The van der Waals surface area contributed by atoms with Gasteiger partial charge < -0.3 is 14.6 Å². The van der Waals surface area contributed by atoms with Gasteiger partial charge in [-0.05, 0) is 64.7 Å². The summed E-state index contributed by atoms with van der Waals surface area (Å²) in [5.41, 5.74) is -2.69. The fourth-order valence-electron chi connectivity index (χ4n) is 5.49. The van der Waals surface area contributed by atoms with E-state index in [4.69, 9.17) is 9.47 Å². The van der Waals surface area contributed by atoms with E-state index in [0.717, 1.165) is 15.9 Å². The average molecular weight is 611 g/mol. The molecule has 1 aliphatic rings. The quantitative estimate of drug-likeness (QED) is 0.297. The number of carbonyl (C=O) groups is 1. The first kappa shape index (κ1) is 30.1. The van der Waals surface area contributed by atoms with Crippen LogP contribution in [0.25, 0.3) is 15.2 Å². The fraction of sp³-hybridized carbons (Fsp3) is 0.448. The monoisotopic (exact) mass is 610 g/mol. The topological polar surface area (TPSA) is 154 Å². The maximum atomic E-state index is 14.6. The number of thiophene rings is 1. The number of ether oxygens (including phenoxy) is 2. The molecule has 1 N–H and O–H groups in total. The number of nitrogens with zero attached hydrogens (tertiary/aromatic N) is 6. The normalized spacial score (nSPS) is 18.0. The third-order valence-corrected chi connectivity index (χ3v) is 9.25. The Bertz CT molecular complexity index is 1830. The molecule has 0 spiro atoms. The molecule has 1 saturated carbocycles. The number of hydrogen-bond donors (Lipinski definition) is 1. The van der Waals surface area contributed by atoms with Crippen molar-refractivity contribution in [1.82, 2.24) is 24.1 Å². The molecule has 4 aromatic rings. The number of rotatable bonds is 9. The molecule has 0 unspecified atom stereocenters. The van der Waals surface area contributed by atoms with E-state index in [2.05, 4.69) is 16.3 Å². The Morgan fingerprint density at radius 1 is 1.23 bits per heavy atom. The first-order valence-electron chi connectivity index (χ1n) is 13.8. The van der Waals surface area contributed by atoms with Crippen molar-refractivity contribution in [3.8, 4) is 16.8 Å². The fourth-order valence-corrected chi connectivity index (χ4v) is 6.71. The number of aliphatic carboxylic acids is 1. The van der Waals surface area contributed by atoms with Crippen LogP contribution >= 0.6 is 11.3 Å². The van der Waals surface area contributed by atoms with Crippen LogP contribution in [0.4, 0.5) is 4.39 Å². The summed E-state index contributed by atoms with van der Waals surface area (Å²) in [6, 6.07) is 6.30.